The first-order chi connectivity index (χ1) is 25.0. The maximum absolute atomic E-state index is 14.6. The number of aliphatic hydroxyl groups is 2. The number of amides is 2. The predicted octanol–water partition coefficient (Wildman–Crippen LogP) is 2.58. The Hall–Kier alpha value is -1.65. The average molecular weight is 846 g/mol. The number of hydrogen-bond donors (Lipinski definition) is 2. The topological polar surface area (TPSA) is 144 Å². The van der Waals surface area contributed by atoms with Gasteiger partial charge in [-0.15, -0.1) is 0 Å². The Kier molecular flexibility index (Phi) is 9.14. The van der Waals surface area contributed by atoms with Crippen LogP contribution >= 0.6 is 0 Å². The molecule has 5 saturated carbocycles. The molecule has 292 valence electrons. The third-order valence-electron chi connectivity index (χ3n) is 15.5. The van der Waals surface area contributed by atoms with Crippen molar-refractivity contribution in [3.05, 3.63) is 23.8 Å². The van der Waals surface area contributed by atoms with Crippen LogP contribution in [0.1, 0.15) is 56.3 Å². The first kappa shape index (κ1) is 38.2. The molecule has 14 atom stereocenters. The van der Waals surface area contributed by atoms with Gasteiger partial charge in [-0.2, -0.15) is 0 Å². The molecule has 7 bridgehead atoms. The number of fused-ring (bicyclic) bond motifs is 2. The van der Waals surface area contributed by atoms with Gasteiger partial charge in [0.25, 0.3) is 0 Å². The van der Waals surface area contributed by atoms with Crippen molar-refractivity contribution in [2.75, 3.05) is 53.0 Å². The molecule has 7 fully saturated rings. The van der Waals surface area contributed by atoms with Gasteiger partial charge in [0.2, 0.25) is 0 Å². The van der Waals surface area contributed by atoms with Crippen molar-refractivity contribution in [2.45, 2.75) is 102 Å². The molecule has 2 aliphatic heterocycles. The molecular weight excluding hydrogens is 787 g/mol. The number of likely N-dealkylation sites (tertiary alicyclic amines) is 1. The summed E-state index contributed by atoms with van der Waals surface area (Å²) in [6.45, 7) is 5.00. The number of piperidine rings is 1. The quantitative estimate of drug-likeness (QED) is 0.204. The molecule has 0 aromatic heterocycles. The Morgan fingerprint density at radius 2 is 1.77 bits per heavy atom. The zero-order valence-electron chi connectivity index (χ0n) is 32.7. The van der Waals surface area contributed by atoms with Gasteiger partial charge in [0.15, 0.2) is 0 Å². The summed E-state index contributed by atoms with van der Waals surface area (Å²) in [6.07, 6.45) is 0.817. The van der Waals surface area contributed by atoms with Crippen LogP contribution in [0.3, 0.4) is 0 Å². The number of methoxy groups -OCH3 is 4. The molecule has 0 radical (unpaired) electrons. The van der Waals surface area contributed by atoms with E-state index in [1.165, 1.54) is 0 Å². The van der Waals surface area contributed by atoms with Crippen LogP contribution < -0.4 is 8.48 Å². The van der Waals surface area contributed by atoms with Gasteiger partial charge in [0.05, 0.1) is 6.10 Å². The van der Waals surface area contributed by atoms with Gasteiger partial charge in [-0.25, -0.2) is 0 Å². The number of carbonyl (C=O) groups is 3. The van der Waals surface area contributed by atoms with Crippen LogP contribution in [-0.4, -0.2) is 141 Å². The third-order valence-corrected chi connectivity index (χ3v) is 21.3. The first-order valence-corrected chi connectivity index (χ1v) is 29.5. The fourth-order valence-corrected chi connectivity index (χ4v) is 17.0. The maximum atomic E-state index is 14.6. The molecule has 12 nitrogen and oxygen atoms in total. The van der Waals surface area contributed by atoms with Crippen molar-refractivity contribution >= 4 is 45.4 Å². The summed E-state index contributed by atoms with van der Waals surface area (Å²) in [5.41, 5.74) is -4.08. The van der Waals surface area contributed by atoms with Crippen LogP contribution in [0.2, 0.25) is 14.8 Å². The number of nitrogens with zero attached hydrogens (tertiary/aromatic N) is 2. The summed E-state index contributed by atoms with van der Waals surface area (Å²) in [5, 5.41) is 26.8. The number of ether oxygens (including phenoxy) is 5. The van der Waals surface area contributed by atoms with Crippen LogP contribution in [0.25, 0.3) is 0 Å². The van der Waals surface area contributed by atoms with Gasteiger partial charge < -0.3 is 9.47 Å². The van der Waals surface area contributed by atoms with E-state index in [1.54, 1.807) is 41.4 Å². The Morgan fingerprint density at radius 3 is 2.36 bits per heavy atom. The van der Waals surface area contributed by atoms with E-state index < -0.39 is 64.4 Å². The van der Waals surface area contributed by atoms with Crippen LogP contribution in [-0.2, 0) is 33.3 Å². The Balaban J connectivity index is 1.24. The minimum absolute atomic E-state index is 0.0404. The molecule has 13 heteroatoms. The Labute approximate surface area is 317 Å². The molecule has 1 aromatic rings. The van der Waals surface area contributed by atoms with Gasteiger partial charge in [-0.05, 0) is 0 Å². The number of benzene rings is 1. The van der Waals surface area contributed by atoms with Crippen LogP contribution in [0, 0.1) is 40.4 Å². The molecule has 2 N–H and O–H groups in total. The first-order valence-electron chi connectivity index (χ1n) is 19.5. The third kappa shape index (κ3) is 4.69. The van der Waals surface area contributed by atoms with Crippen LogP contribution in [0.4, 0.5) is 5.69 Å². The summed E-state index contributed by atoms with van der Waals surface area (Å²) >= 11 is -2.74. The molecule has 2 heterocycles. The fraction of sp³-hybridized carbons (Fsp3) is 0.775. The SMILES string of the molecule is CCN1C[C@]2(COC(=O)c3c[c]([Sn]([CH3])([CH3])[CH3])ccc3N3C(=O)C[C@H](C)C3=O)CC[C@H](OC)[C@@]34C2[C@H](OC)[C@](O)(C13)[C@@]1(O)C[C@H](OC)[C@H]2C[C@@H]4[C@@H]1[C@H]2OC. The molecule has 2 saturated heterocycles. The number of carbonyl (C=O) groups excluding carboxylic acids is 3. The summed E-state index contributed by atoms with van der Waals surface area (Å²) in [7, 11) is 6.74. The number of likely N-dealkylation sites (N-methyl/N-ethyl adjacent to an activating group) is 1. The Bertz CT molecular complexity index is 1700. The number of esters is 1. The molecule has 7 aliphatic rings. The molecule has 53 heavy (non-hydrogen) atoms. The van der Waals surface area contributed by atoms with Crippen molar-refractivity contribution in [3.8, 4) is 0 Å². The van der Waals surface area contributed by atoms with E-state index in [1.807, 2.05) is 12.1 Å². The number of imide groups is 1. The van der Waals surface area contributed by atoms with E-state index in [9.17, 15) is 24.6 Å². The molecular formula is C40H58N2O10Sn. The van der Waals surface area contributed by atoms with Crippen LogP contribution in [0.5, 0.6) is 0 Å². The van der Waals surface area contributed by atoms with Gasteiger partial charge in [0, 0.05) is 14.2 Å². The van der Waals surface area contributed by atoms with E-state index in [-0.39, 0.29) is 84.5 Å². The van der Waals surface area contributed by atoms with E-state index in [0.717, 1.165) is 14.9 Å². The van der Waals surface area contributed by atoms with E-state index in [4.69, 9.17) is 23.7 Å². The summed E-state index contributed by atoms with van der Waals surface area (Å²) in [6, 6.07) is 5.08. The average Bonchev–Trinajstić information content (AvgIpc) is 3.65. The molecule has 1 aromatic carbocycles. The number of rotatable bonds is 10. The molecule has 8 rings (SSSR count). The normalized spacial score (nSPS) is 45.6. The van der Waals surface area contributed by atoms with E-state index >= 15 is 0 Å². The second kappa shape index (κ2) is 12.7. The molecule has 2 unspecified atom stereocenters. The summed E-state index contributed by atoms with van der Waals surface area (Å²) in [5.74, 6) is -2.40. The smallest absolute Gasteiger partial charge is 0.381 e. The molecule has 1 spiro atoms. The van der Waals surface area contributed by atoms with Gasteiger partial charge in [-0.1, -0.05) is 0 Å². The monoisotopic (exact) mass is 846 g/mol. The van der Waals surface area contributed by atoms with Crippen LogP contribution in [0.15, 0.2) is 18.2 Å². The minimum atomic E-state index is -2.74. The number of hydrogen-bond acceptors (Lipinski definition) is 11. The van der Waals surface area contributed by atoms with Crippen molar-refractivity contribution in [1.29, 1.82) is 0 Å². The zero-order valence-corrected chi connectivity index (χ0v) is 35.6. The Morgan fingerprint density at radius 1 is 1.04 bits per heavy atom. The molecule has 2 amide bonds. The van der Waals surface area contributed by atoms with Crippen molar-refractivity contribution in [3.63, 3.8) is 0 Å². The second-order valence-corrected chi connectivity index (χ2v) is 32.9. The minimum Gasteiger partial charge on any atom is -0.381 e. The fourth-order valence-electron chi connectivity index (χ4n) is 13.7. The van der Waals surface area contributed by atoms with Crippen molar-refractivity contribution < 1.29 is 48.3 Å². The van der Waals surface area contributed by atoms with Crippen molar-refractivity contribution in [2.24, 2.45) is 40.4 Å². The van der Waals surface area contributed by atoms with E-state index in [0.29, 0.717) is 25.9 Å². The summed E-state index contributed by atoms with van der Waals surface area (Å²) < 4.78 is 32.8. The standard InChI is InChI=1S/C37H49N2O10.3CH3.Sn/c1-7-38-17-34(18-49-32(42)20-10-8-9-11-23(20)39-26(40)14-19(2)31(39)41)13-12-25(46-4)36-22-15-21-24(45-3)16-35(43,27(22)28(21)47-5)37(44,33(36)38)30(48-6)29(34)36;;;;/h9-11,19,21-22,24-25,27-30,33,43-44H,7,12-18H2,1-6H3;3*1H3;/t19-,21+,22+,24-,25-,27+,28-,29?,30-,33?,34-,35+,36-,37-;;;;/m0..../s1. The van der Waals surface area contributed by atoms with Gasteiger partial charge >= 0.3 is 288 Å². The predicted molar refractivity (Wildman–Crippen MR) is 197 cm³/mol. The zero-order chi connectivity index (χ0) is 38.2. The summed E-state index contributed by atoms with van der Waals surface area (Å²) in [4.78, 5) is 51.2. The van der Waals surface area contributed by atoms with Crippen molar-refractivity contribution in [1.82, 2.24) is 4.90 Å². The molecule has 5 aliphatic carbocycles. The van der Waals surface area contributed by atoms with E-state index in [2.05, 4.69) is 26.6 Å². The van der Waals surface area contributed by atoms with Gasteiger partial charge in [0.1, 0.15) is 0 Å². The number of anilines is 1. The second-order valence-electron chi connectivity index (χ2n) is 18.4. The van der Waals surface area contributed by atoms with Gasteiger partial charge in [-0.3, -0.25) is 0 Å².